The van der Waals surface area contributed by atoms with E-state index in [1.54, 1.807) is 6.07 Å². The summed E-state index contributed by atoms with van der Waals surface area (Å²) in [6, 6.07) is 10.1. The van der Waals surface area contributed by atoms with Crippen LogP contribution in [0.3, 0.4) is 0 Å². The number of rotatable bonds is 4. The molecule has 1 N–H and O–H groups in total. The molecule has 1 aliphatic rings. The summed E-state index contributed by atoms with van der Waals surface area (Å²) in [5, 5.41) is 2.94. The van der Waals surface area contributed by atoms with Crippen molar-refractivity contribution in [2.45, 2.75) is 33.1 Å². The Labute approximate surface area is 155 Å². The molecule has 0 fully saturated rings. The highest BCUT2D eigenvalue weighted by Crippen LogP contribution is 2.32. The van der Waals surface area contributed by atoms with Crippen LogP contribution in [0.4, 0.5) is 24.5 Å². The number of ether oxygens (including phenoxy) is 1. The van der Waals surface area contributed by atoms with Gasteiger partial charge in [-0.3, -0.25) is 4.79 Å². The summed E-state index contributed by atoms with van der Waals surface area (Å²) in [6.45, 7) is 4.68. The van der Waals surface area contributed by atoms with Gasteiger partial charge in [0.25, 0.3) is 0 Å². The molecular weight excluding hydrogens is 357 g/mol. The summed E-state index contributed by atoms with van der Waals surface area (Å²) < 4.78 is 41.2. The fourth-order valence-corrected chi connectivity index (χ4v) is 3.38. The van der Waals surface area contributed by atoms with Gasteiger partial charge in [0, 0.05) is 17.9 Å². The molecule has 4 nitrogen and oxygen atoms in total. The molecule has 1 aliphatic heterocycles. The molecule has 0 saturated carbocycles. The van der Waals surface area contributed by atoms with Crippen LogP contribution < -0.4 is 15.0 Å². The number of aryl methyl sites for hydroxylation is 3. The number of anilines is 2. The van der Waals surface area contributed by atoms with Crippen molar-refractivity contribution in [1.82, 2.24) is 0 Å². The first kappa shape index (κ1) is 19.1. The fourth-order valence-electron chi connectivity index (χ4n) is 3.38. The maximum atomic E-state index is 12.5. The van der Waals surface area contributed by atoms with Gasteiger partial charge in [-0.15, -0.1) is 13.2 Å². The molecule has 27 heavy (non-hydrogen) atoms. The van der Waals surface area contributed by atoms with Crippen LogP contribution in [0, 0.1) is 13.8 Å². The van der Waals surface area contributed by atoms with Gasteiger partial charge in [-0.1, -0.05) is 18.2 Å². The van der Waals surface area contributed by atoms with E-state index < -0.39 is 6.36 Å². The summed E-state index contributed by atoms with van der Waals surface area (Å²) in [4.78, 5) is 14.4. The van der Waals surface area contributed by atoms with E-state index in [0.717, 1.165) is 34.5 Å². The van der Waals surface area contributed by atoms with Crippen molar-refractivity contribution >= 4 is 17.3 Å². The third-order valence-electron chi connectivity index (χ3n) is 4.58. The average Bonchev–Trinajstić information content (AvgIpc) is 2.57. The zero-order valence-corrected chi connectivity index (χ0v) is 15.2. The molecule has 0 aliphatic carbocycles. The van der Waals surface area contributed by atoms with Crippen molar-refractivity contribution in [2.24, 2.45) is 0 Å². The van der Waals surface area contributed by atoms with Gasteiger partial charge in [-0.25, -0.2) is 0 Å². The van der Waals surface area contributed by atoms with E-state index in [1.807, 2.05) is 36.9 Å². The molecule has 0 aromatic heterocycles. The Morgan fingerprint density at radius 1 is 1.19 bits per heavy atom. The summed E-state index contributed by atoms with van der Waals surface area (Å²) in [5.41, 5.74) is 4.29. The lowest BCUT2D eigenvalue weighted by Gasteiger charge is -2.31. The second-order valence-corrected chi connectivity index (χ2v) is 6.68. The minimum absolute atomic E-state index is 0.139. The summed E-state index contributed by atoms with van der Waals surface area (Å²) >= 11 is 0. The van der Waals surface area contributed by atoms with E-state index in [9.17, 15) is 18.0 Å². The van der Waals surface area contributed by atoms with Crippen LogP contribution in [0.1, 0.15) is 23.1 Å². The Morgan fingerprint density at radius 3 is 2.56 bits per heavy atom. The quantitative estimate of drug-likeness (QED) is 0.846. The largest absolute Gasteiger partial charge is 0.573 e. The van der Waals surface area contributed by atoms with Gasteiger partial charge in [-0.05, 0) is 61.6 Å². The number of nitrogens with zero attached hydrogens (tertiary/aromatic N) is 1. The Balaban J connectivity index is 1.73. The zero-order valence-electron chi connectivity index (χ0n) is 15.2. The van der Waals surface area contributed by atoms with E-state index in [-0.39, 0.29) is 18.2 Å². The maximum absolute atomic E-state index is 12.5. The first-order valence-corrected chi connectivity index (χ1v) is 8.72. The lowest BCUT2D eigenvalue weighted by Crippen LogP contribution is -2.37. The molecule has 0 radical (unpaired) electrons. The third kappa shape index (κ3) is 4.72. The number of benzene rings is 2. The molecule has 2 aromatic rings. The van der Waals surface area contributed by atoms with Crippen molar-refractivity contribution < 1.29 is 22.7 Å². The Morgan fingerprint density at radius 2 is 1.89 bits per heavy atom. The molecule has 1 amide bonds. The monoisotopic (exact) mass is 378 g/mol. The smallest absolute Gasteiger partial charge is 0.406 e. The fraction of sp³-hybridized carbons (Fsp3) is 0.350. The van der Waals surface area contributed by atoms with Gasteiger partial charge in [0.1, 0.15) is 5.75 Å². The van der Waals surface area contributed by atoms with E-state index >= 15 is 0 Å². The normalized spacial score (nSPS) is 13.9. The van der Waals surface area contributed by atoms with Gasteiger partial charge >= 0.3 is 6.36 Å². The molecule has 1 heterocycles. The first-order chi connectivity index (χ1) is 12.7. The molecule has 0 atom stereocenters. The molecule has 0 spiro atoms. The number of nitrogens with one attached hydrogen (secondary N) is 1. The SMILES string of the molecule is Cc1cccc(C)c1NC(=O)CN1CCCc2cc(OC(F)(F)F)ccc21. The maximum Gasteiger partial charge on any atom is 0.573 e. The topological polar surface area (TPSA) is 41.6 Å². The molecule has 2 aromatic carbocycles. The minimum atomic E-state index is -4.71. The minimum Gasteiger partial charge on any atom is -0.406 e. The Hall–Kier alpha value is -2.70. The first-order valence-electron chi connectivity index (χ1n) is 8.72. The standard InChI is InChI=1S/C20H21F3N2O2/c1-13-5-3-6-14(2)19(13)24-18(26)12-25-10-4-7-15-11-16(8-9-17(15)25)27-20(21,22)23/h3,5-6,8-9,11H,4,7,10,12H2,1-2H3,(H,24,26). The van der Waals surface area contributed by atoms with Crippen molar-refractivity contribution in [1.29, 1.82) is 0 Å². The molecule has 3 rings (SSSR count). The van der Waals surface area contributed by atoms with E-state index in [2.05, 4.69) is 10.1 Å². The zero-order chi connectivity index (χ0) is 19.6. The average molecular weight is 378 g/mol. The summed E-state index contributed by atoms with van der Waals surface area (Å²) in [7, 11) is 0. The molecule has 0 bridgehead atoms. The van der Waals surface area contributed by atoms with Crippen molar-refractivity contribution in [3.8, 4) is 5.75 Å². The summed E-state index contributed by atoms with van der Waals surface area (Å²) in [6.07, 6.45) is -3.30. The van der Waals surface area contributed by atoms with E-state index in [4.69, 9.17) is 0 Å². The lowest BCUT2D eigenvalue weighted by atomic mass is 10.0. The predicted octanol–water partition coefficient (Wildman–Crippen LogP) is 4.59. The van der Waals surface area contributed by atoms with Gasteiger partial charge < -0.3 is 15.0 Å². The number of carbonyl (C=O) groups is 1. The van der Waals surface area contributed by atoms with Crippen LogP contribution in [0.5, 0.6) is 5.75 Å². The Bertz CT molecular complexity index is 829. The third-order valence-corrected chi connectivity index (χ3v) is 4.58. The molecule has 0 unspecified atom stereocenters. The van der Waals surface area contributed by atoms with Crippen molar-refractivity contribution in [3.05, 3.63) is 53.1 Å². The van der Waals surface area contributed by atoms with Crippen LogP contribution in [0.2, 0.25) is 0 Å². The number of alkyl halides is 3. The number of hydrogen-bond acceptors (Lipinski definition) is 3. The highest BCUT2D eigenvalue weighted by atomic mass is 19.4. The predicted molar refractivity (Wildman–Crippen MR) is 98.2 cm³/mol. The highest BCUT2D eigenvalue weighted by molar-refractivity contribution is 5.95. The molecular formula is C20H21F3N2O2. The highest BCUT2D eigenvalue weighted by Gasteiger charge is 2.31. The number of hydrogen-bond donors (Lipinski definition) is 1. The molecule has 7 heteroatoms. The second-order valence-electron chi connectivity index (χ2n) is 6.68. The van der Waals surface area contributed by atoms with Gasteiger partial charge in [0.2, 0.25) is 5.91 Å². The van der Waals surface area contributed by atoms with Gasteiger partial charge in [-0.2, -0.15) is 0 Å². The number of para-hydroxylation sites is 1. The molecule has 144 valence electrons. The Kier molecular flexibility index (Phi) is 5.30. The van der Waals surface area contributed by atoms with Crippen LogP contribution in [-0.2, 0) is 11.2 Å². The number of halogens is 3. The second kappa shape index (κ2) is 7.50. The van der Waals surface area contributed by atoms with E-state index in [1.165, 1.54) is 12.1 Å². The number of carbonyl (C=O) groups excluding carboxylic acids is 1. The van der Waals surface area contributed by atoms with Crippen molar-refractivity contribution in [3.63, 3.8) is 0 Å². The molecule has 0 saturated heterocycles. The van der Waals surface area contributed by atoms with Crippen LogP contribution in [-0.4, -0.2) is 25.4 Å². The van der Waals surface area contributed by atoms with Crippen molar-refractivity contribution in [2.75, 3.05) is 23.3 Å². The van der Waals surface area contributed by atoms with Gasteiger partial charge in [0.15, 0.2) is 0 Å². The summed E-state index contributed by atoms with van der Waals surface area (Å²) in [5.74, 6) is -0.390. The van der Waals surface area contributed by atoms with Gasteiger partial charge in [0.05, 0.1) is 6.54 Å². The lowest BCUT2D eigenvalue weighted by molar-refractivity contribution is -0.274. The van der Waals surface area contributed by atoms with Crippen LogP contribution >= 0.6 is 0 Å². The number of fused-ring (bicyclic) bond motifs is 1. The number of amides is 1. The van der Waals surface area contributed by atoms with Crippen LogP contribution in [0.15, 0.2) is 36.4 Å². The van der Waals surface area contributed by atoms with Crippen LogP contribution in [0.25, 0.3) is 0 Å². The van der Waals surface area contributed by atoms with E-state index in [0.29, 0.717) is 13.0 Å².